The number of nitrogens with zero attached hydrogens (tertiary/aromatic N) is 1. The zero-order chi connectivity index (χ0) is 17.3. The van der Waals surface area contributed by atoms with Crippen LogP contribution in [0.1, 0.15) is 0 Å². The van der Waals surface area contributed by atoms with Crippen LogP contribution < -0.4 is 14.2 Å². The summed E-state index contributed by atoms with van der Waals surface area (Å²) in [7, 11) is -1.19. The molecule has 126 valence electrons. The van der Waals surface area contributed by atoms with E-state index in [1.807, 2.05) is 0 Å². The van der Waals surface area contributed by atoms with Crippen LogP contribution in [0, 0.1) is 5.82 Å². The fourth-order valence-electron chi connectivity index (χ4n) is 2.28. The van der Waals surface area contributed by atoms with Gasteiger partial charge in [-0.3, -0.25) is 4.72 Å². The molecular formula is C15H14FN3O4S. The van der Waals surface area contributed by atoms with Crippen molar-refractivity contribution in [2.45, 2.75) is 4.90 Å². The van der Waals surface area contributed by atoms with Gasteiger partial charge < -0.3 is 14.5 Å². The van der Waals surface area contributed by atoms with Gasteiger partial charge in [0, 0.05) is 0 Å². The maximum Gasteiger partial charge on any atom is 0.262 e. The minimum Gasteiger partial charge on any atom is -0.494 e. The molecule has 0 bridgehead atoms. The smallest absolute Gasteiger partial charge is 0.262 e. The van der Waals surface area contributed by atoms with Crippen molar-refractivity contribution in [3.05, 3.63) is 42.5 Å². The minimum atomic E-state index is -3.99. The quantitative estimate of drug-likeness (QED) is 0.737. The first-order valence-corrected chi connectivity index (χ1v) is 8.31. The molecule has 0 spiro atoms. The maximum absolute atomic E-state index is 13.8. The molecule has 0 saturated carbocycles. The molecule has 0 aliphatic heterocycles. The molecule has 0 aliphatic carbocycles. The van der Waals surface area contributed by atoms with Gasteiger partial charge in [0.25, 0.3) is 10.0 Å². The Hall–Kier alpha value is -2.81. The molecule has 0 saturated heterocycles. The van der Waals surface area contributed by atoms with Crippen LogP contribution >= 0.6 is 0 Å². The number of benzene rings is 2. The molecular weight excluding hydrogens is 337 g/mol. The average Bonchev–Trinajstić information content (AvgIpc) is 3.05. The highest BCUT2D eigenvalue weighted by Crippen LogP contribution is 2.30. The number of aromatic amines is 1. The lowest BCUT2D eigenvalue weighted by Gasteiger charge is -2.11. The Morgan fingerprint density at radius 1 is 1.12 bits per heavy atom. The van der Waals surface area contributed by atoms with Crippen LogP contribution in [-0.4, -0.2) is 32.6 Å². The Morgan fingerprint density at radius 2 is 1.83 bits per heavy atom. The second-order valence-electron chi connectivity index (χ2n) is 4.84. The van der Waals surface area contributed by atoms with Gasteiger partial charge in [0.2, 0.25) is 0 Å². The van der Waals surface area contributed by atoms with E-state index in [2.05, 4.69) is 14.7 Å². The zero-order valence-electron chi connectivity index (χ0n) is 12.8. The van der Waals surface area contributed by atoms with Gasteiger partial charge in [0.15, 0.2) is 11.6 Å². The highest BCUT2D eigenvalue weighted by atomic mass is 32.2. The van der Waals surface area contributed by atoms with Crippen LogP contribution in [0.4, 0.5) is 10.1 Å². The number of H-pyrrole nitrogens is 1. The van der Waals surface area contributed by atoms with E-state index < -0.39 is 15.8 Å². The van der Waals surface area contributed by atoms with Crippen LogP contribution in [0.25, 0.3) is 11.0 Å². The molecule has 7 nitrogen and oxygen atoms in total. The number of rotatable bonds is 5. The van der Waals surface area contributed by atoms with Gasteiger partial charge in [-0.15, -0.1) is 0 Å². The topological polar surface area (TPSA) is 93.3 Å². The van der Waals surface area contributed by atoms with E-state index in [-0.39, 0.29) is 16.3 Å². The second kappa shape index (κ2) is 6.00. The van der Waals surface area contributed by atoms with Gasteiger partial charge in [-0.1, -0.05) is 0 Å². The van der Waals surface area contributed by atoms with Gasteiger partial charge in [-0.05, 0) is 30.3 Å². The van der Waals surface area contributed by atoms with E-state index in [9.17, 15) is 12.8 Å². The third-order valence-corrected chi connectivity index (χ3v) is 4.80. The molecule has 0 aliphatic rings. The molecule has 0 atom stereocenters. The standard InChI is InChI=1S/C15H14FN3O4S/c1-22-12-5-3-9(7-10(12)16)24(20,21)19-11-4-6-13(23-2)15-14(11)17-8-18-15/h3-8,19H,1-2H3,(H,17,18). The van der Waals surface area contributed by atoms with E-state index >= 15 is 0 Å². The van der Waals surface area contributed by atoms with Crippen molar-refractivity contribution in [2.75, 3.05) is 18.9 Å². The molecule has 9 heteroatoms. The lowest BCUT2D eigenvalue weighted by Crippen LogP contribution is -2.13. The van der Waals surface area contributed by atoms with Crippen LogP contribution in [-0.2, 0) is 10.0 Å². The highest BCUT2D eigenvalue weighted by Gasteiger charge is 2.19. The molecule has 0 unspecified atom stereocenters. The van der Waals surface area contributed by atoms with E-state index in [1.165, 1.54) is 38.7 Å². The summed E-state index contributed by atoms with van der Waals surface area (Å²) in [5.74, 6) is -0.269. The SMILES string of the molecule is COc1ccc(S(=O)(=O)Nc2ccc(OC)c3[nH]cnc23)cc1F. The molecule has 24 heavy (non-hydrogen) atoms. The van der Waals surface area contributed by atoms with E-state index in [0.29, 0.717) is 16.8 Å². The van der Waals surface area contributed by atoms with E-state index in [0.717, 1.165) is 6.07 Å². The first-order chi connectivity index (χ1) is 11.5. The lowest BCUT2D eigenvalue weighted by molar-refractivity contribution is 0.385. The lowest BCUT2D eigenvalue weighted by atomic mass is 10.2. The third-order valence-electron chi connectivity index (χ3n) is 3.44. The Labute approximate surface area is 137 Å². The van der Waals surface area contributed by atoms with Crippen molar-refractivity contribution in [3.63, 3.8) is 0 Å². The highest BCUT2D eigenvalue weighted by molar-refractivity contribution is 7.92. The van der Waals surface area contributed by atoms with Crippen LogP contribution in [0.15, 0.2) is 41.6 Å². The van der Waals surface area contributed by atoms with Crippen LogP contribution in [0.5, 0.6) is 11.5 Å². The number of fused-ring (bicyclic) bond motifs is 1. The molecule has 3 aromatic rings. The maximum atomic E-state index is 13.8. The van der Waals surface area contributed by atoms with Crippen molar-refractivity contribution in [3.8, 4) is 11.5 Å². The number of methoxy groups -OCH3 is 2. The fourth-order valence-corrected chi connectivity index (χ4v) is 3.36. The summed E-state index contributed by atoms with van der Waals surface area (Å²) < 4.78 is 51.1. The average molecular weight is 351 g/mol. The van der Waals surface area contributed by atoms with Gasteiger partial charge in [-0.25, -0.2) is 17.8 Å². The zero-order valence-corrected chi connectivity index (χ0v) is 13.6. The summed E-state index contributed by atoms with van der Waals surface area (Å²) in [5, 5.41) is 0. The molecule has 2 aromatic carbocycles. The van der Waals surface area contributed by atoms with Gasteiger partial charge in [-0.2, -0.15) is 0 Å². The minimum absolute atomic E-state index is 0.0342. The van der Waals surface area contributed by atoms with Crippen LogP contribution in [0.3, 0.4) is 0 Å². The van der Waals surface area contributed by atoms with Crippen molar-refractivity contribution in [2.24, 2.45) is 0 Å². The molecule has 1 aromatic heterocycles. The Balaban J connectivity index is 2.01. The van der Waals surface area contributed by atoms with Crippen LogP contribution in [0.2, 0.25) is 0 Å². The Morgan fingerprint density at radius 3 is 2.50 bits per heavy atom. The number of halogens is 1. The number of aromatic nitrogens is 2. The second-order valence-corrected chi connectivity index (χ2v) is 6.53. The normalized spacial score (nSPS) is 11.5. The molecule has 0 fully saturated rings. The number of ether oxygens (including phenoxy) is 2. The third kappa shape index (κ3) is 2.73. The van der Waals surface area contributed by atoms with Crippen molar-refractivity contribution in [1.82, 2.24) is 9.97 Å². The monoisotopic (exact) mass is 351 g/mol. The summed E-state index contributed by atoms with van der Waals surface area (Å²) >= 11 is 0. The summed E-state index contributed by atoms with van der Waals surface area (Å²) in [6, 6.07) is 6.54. The summed E-state index contributed by atoms with van der Waals surface area (Å²) in [6.07, 6.45) is 1.43. The molecule has 1 heterocycles. The van der Waals surface area contributed by atoms with Crippen molar-refractivity contribution >= 4 is 26.7 Å². The molecule has 0 radical (unpaired) electrons. The first-order valence-electron chi connectivity index (χ1n) is 6.82. The Kier molecular flexibility index (Phi) is 4.02. The molecule has 2 N–H and O–H groups in total. The van der Waals surface area contributed by atoms with Crippen molar-refractivity contribution in [1.29, 1.82) is 0 Å². The fraction of sp³-hybridized carbons (Fsp3) is 0.133. The summed E-state index contributed by atoms with van der Waals surface area (Å²) in [6.45, 7) is 0. The predicted octanol–water partition coefficient (Wildman–Crippen LogP) is 2.52. The van der Waals surface area contributed by atoms with Crippen molar-refractivity contribution < 1.29 is 22.3 Å². The van der Waals surface area contributed by atoms with E-state index in [4.69, 9.17) is 9.47 Å². The largest absolute Gasteiger partial charge is 0.494 e. The number of sulfonamides is 1. The van der Waals surface area contributed by atoms with E-state index in [1.54, 1.807) is 6.07 Å². The van der Waals surface area contributed by atoms with Gasteiger partial charge >= 0.3 is 0 Å². The summed E-state index contributed by atoms with van der Waals surface area (Å²) in [4.78, 5) is 6.75. The number of nitrogens with one attached hydrogen (secondary N) is 2. The number of imidazole rings is 1. The number of hydrogen-bond donors (Lipinski definition) is 2. The molecule has 0 amide bonds. The number of anilines is 1. The summed E-state index contributed by atoms with van der Waals surface area (Å²) in [5.41, 5.74) is 1.20. The molecule has 3 rings (SSSR count). The predicted molar refractivity (Wildman–Crippen MR) is 86.4 cm³/mol. The number of hydrogen-bond acceptors (Lipinski definition) is 5. The van der Waals surface area contributed by atoms with Gasteiger partial charge in [0.05, 0.1) is 31.1 Å². The first kappa shape index (κ1) is 16.1. The van der Waals surface area contributed by atoms with Gasteiger partial charge in [0.1, 0.15) is 16.8 Å². The Bertz CT molecular complexity index is 1000.